The fourth-order valence-electron chi connectivity index (χ4n) is 2.76. The number of rotatable bonds is 8. The van der Waals surface area contributed by atoms with Crippen LogP contribution in [0.3, 0.4) is 0 Å². The lowest BCUT2D eigenvalue weighted by Crippen LogP contribution is -2.52. The van der Waals surface area contributed by atoms with Crippen LogP contribution in [0.2, 0.25) is 10.0 Å². The first-order chi connectivity index (χ1) is 14.0. The van der Waals surface area contributed by atoms with Crippen molar-refractivity contribution in [3.63, 3.8) is 0 Å². The van der Waals surface area contributed by atoms with Gasteiger partial charge in [-0.05, 0) is 63.1 Å². The van der Waals surface area contributed by atoms with Crippen LogP contribution in [0.15, 0.2) is 48.5 Å². The zero-order chi connectivity index (χ0) is 22.3. The summed E-state index contributed by atoms with van der Waals surface area (Å²) in [6.45, 7) is 7.87. The Bertz CT molecular complexity index is 849. The molecule has 7 heteroatoms. The van der Waals surface area contributed by atoms with Gasteiger partial charge in [0.15, 0.2) is 0 Å². The number of benzene rings is 2. The molecule has 0 aliphatic carbocycles. The molecule has 1 N–H and O–H groups in total. The Kier molecular flexibility index (Phi) is 9.08. The monoisotopic (exact) mass is 466 g/mol. The van der Waals surface area contributed by atoms with Gasteiger partial charge >= 0.3 is 0 Å². The standard InChI is InChI=1S/C23H28Cl2N2O2S/c1-16(22(29)26-23(2,3)4)27(13-17-5-9-19(24)10-6-17)21(28)15-30-14-18-7-11-20(25)12-8-18/h5-12,16H,13-15H2,1-4H3,(H,26,29)/t16-/m1/s1. The van der Waals surface area contributed by atoms with Crippen molar-refractivity contribution in [3.05, 3.63) is 69.7 Å². The summed E-state index contributed by atoms with van der Waals surface area (Å²) in [6, 6.07) is 14.3. The maximum Gasteiger partial charge on any atom is 0.242 e. The van der Waals surface area contributed by atoms with E-state index in [1.54, 1.807) is 24.0 Å². The molecule has 0 saturated carbocycles. The first-order valence-electron chi connectivity index (χ1n) is 9.73. The molecule has 2 amide bonds. The number of amides is 2. The van der Waals surface area contributed by atoms with Gasteiger partial charge in [-0.15, -0.1) is 11.8 Å². The molecule has 0 unspecified atom stereocenters. The maximum atomic E-state index is 13.0. The summed E-state index contributed by atoms with van der Waals surface area (Å²) >= 11 is 13.4. The van der Waals surface area contributed by atoms with E-state index in [9.17, 15) is 9.59 Å². The Morgan fingerprint density at radius 3 is 1.97 bits per heavy atom. The summed E-state index contributed by atoms with van der Waals surface area (Å²) in [5.41, 5.74) is 1.65. The number of thioether (sulfide) groups is 1. The highest BCUT2D eigenvalue weighted by molar-refractivity contribution is 7.99. The SMILES string of the molecule is C[C@H](C(=O)NC(C)(C)C)N(Cc1ccc(Cl)cc1)C(=O)CSCc1ccc(Cl)cc1. The minimum atomic E-state index is -0.594. The molecule has 2 rings (SSSR count). The summed E-state index contributed by atoms with van der Waals surface area (Å²) in [4.78, 5) is 27.4. The minimum Gasteiger partial charge on any atom is -0.350 e. The van der Waals surface area contributed by atoms with E-state index in [0.29, 0.717) is 22.3 Å². The van der Waals surface area contributed by atoms with Crippen LogP contribution in [0.4, 0.5) is 0 Å². The second kappa shape index (κ2) is 11.1. The van der Waals surface area contributed by atoms with Crippen molar-refractivity contribution >= 4 is 46.8 Å². The molecule has 0 heterocycles. The second-order valence-corrected chi connectivity index (χ2v) is 10.0. The lowest BCUT2D eigenvalue weighted by atomic mass is 10.1. The molecule has 0 fully saturated rings. The summed E-state index contributed by atoms with van der Waals surface area (Å²) in [7, 11) is 0. The Morgan fingerprint density at radius 1 is 0.967 bits per heavy atom. The van der Waals surface area contributed by atoms with Gasteiger partial charge in [0.25, 0.3) is 0 Å². The van der Waals surface area contributed by atoms with Gasteiger partial charge in [0.1, 0.15) is 6.04 Å². The molecule has 1 atom stereocenters. The third-order valence-electron chi connectivity index (χ3n) is 4.34. The van der Waals surface area contributed by atoms with Crippen molar-refractivity contribution in [2.24, 2.45) is 0 Å². The number of halogens is 2. The highest BCUT2D eigenvalue weighted by Crippen LogP contribution is 2.19. The van der Waals surface area contributed by atoms with Crippen LogP contribution in [0, 0.1) is 0 Å². The fraction of sp³-hybridized carbons (Fsp3) is 0.391. The third kappa shape index (κ3) is 8.21. The Morgan fingerprint density at radius 2 is 1.47 bits per heavy atom. The number of nitrogens with zero attached hydrogens (tertiary/aromatic N) is 1. The minimum absolute atomic E-state index is 0.0829. The van der Waals surface area contributed by atoms with E-state index in [4.69, 9.17) is 23.2 Å². The molecule has 0 aromatic heterocycles. The molecule has 0 saturated heterocycles. The van der Waals surface area contributed by atoms with E-state index in [1.165, 1.54) is 11.8 Å². The molecule has 0 radical (unpaired) electrons. The van der Waals surface area contributed by atoms with Gasteiger partial charge in [0.05, 0.1) is 5.75 Å². The predicted octanol–water partition coefficient (Wildman–Crippen LogP) is 5.56. The average Bonchev–Trinajstić information content (AvgIpc) is 2.67. The topological polar surface area (TPSA) is 49.4 Å². The summed E-state index contributed by atoms with van der Waals surface area (Å²) in [5.74, 6) is 0.719. The van der Waals surface area contributed by atoms with Crippen LogP contribution in [-0.2, 0) is 21.9 Å². The van der Waals surface area contributed by atoms with Crippen molar-refractivity contribution in [2.75, 3.05) is 5.75 Å². The Labute approximate surface area is 193 Å². The normalized spacial score (nSPS) is 12.3. The van der Waals surface area contributed by atoms with Gasteiger partial charge in [-0.1, -0.05) is 47.5 Å². The van der Waals surface area contributed by atoms with Crippen molar-refractivity contribution < 1.29 is 9.59 Å². The molecule has 0 spiro atoms. The van der Waals surface area contributed by atoms with E-state index in [1.807, 2.05) is 57.2 Å². The average molecular weight is 467 g/mol. The molecule has 30 heavy (non-hydrogen) atoms. The summed E-state index contributed by atoms with van der Waals surface area (Å²) < 4.78 is 0. The largest absolute Gasteiger partial charge is 0.350 e. The maximum absolute atomic E-state index is 13.0. The van der Waals surface area contributed by atoms with Gasteiger partial charge in [-0.25, -0.2) is 0 Å². The molecular formula is C23H28Cl2N2O2S. The van der Waals surface area contributed by atoms with Crippen LogP contribution in [-0.4, -0.2) is 34.0 Å². The van der Waals surface area contributed by atoms with Crippen LogP contribution >= 0.6 is 35.0 Å². The molecule has 4 nitrogen and oxygen atoms in total. The molecular weight excluding hydrogens is 439 g/mol. The van der Waals surface area contributed by atoms with Gasteiger partial charge in [-0.2, -0.15) is 0 Å². The van der Waals surface area contributed by atoms with Crippen molar-refractivity contribution in [3.8, 4) is 0 Å². The second-order valence-electron chi connectivity index (χ2n) is 8.18. The lowest BCUT2D eigenvalue weighted by Gasteiger charge is -2.31. The Balaban J connectivity index is 2.08. The van der Waals surface area contributed by atoms with Crippen molar-refractivity contribution in [1.82, 2.24) is 10.2 Å². The third-order valence-corrected chi connectivity index (χ3v) is 5.83. The number of hydrogen-bond acceptors (Lipinski definition) is 3. The van der Waals surface area contributed by atoms with E-state index < -0.39 is 6.04 Å². The van der Waals surface area contributed by atoms with Gasteiger partial charge in [0.2, 0.25) is 11.8 Å². The van der Waals surface area contributed by atoms with E-state index >= 15 is 0 Å². The van der Waals surface area contributed by atoms with E-state index in [2.05, 4.69) is 5.32 Å². The molecule has 2 aromatic carbocycles. The van der Waals surface area contributed by atoms with Gasteiger partial charge in [0, 0.05) is 27.9 Å². The molecule has 162 valence electrons. The number of carbonyl (C=O) groups excluding carboxylic acids is 2. The predicted molar refractivity (Wildman–Crippen MR) is 127 cm³/mol. The summed E-state index contributed by atoms with van der Waals surface area (Å²) in [5, 5.41) is 4.28. The zero-order valence-electron chi connectivity index (χ0n) is 17.7. The quantitative estimate of drug-likeness (QED) is 0.553. The zero-order valence-corrected chi connectivity index (χ0v) is 20.1. The number of carbonyl (C=O) groups is 2. The number of nitrogens with one attached hydrogen (secondary N) is 1. The lowest BCUT2D eigenvalue weighted by molar-refractivity contribution is -0.139. The van der Waals surface area contributed by atoms with Crippen LogP contribution in [0.1, 0.15) is 38.8 Å². The summed E-state index contributed by atoms with van der Waals surface area (Å²) in [6.07, 6.45) is 0. The Hall–Kier alpha value is -1.69. The molecule has 0 aliphatic rings. The van der Waals surface area contributed by atoms with E-state index in [0.717, 1.165) is 11.1 Å². The first-order valence-corrected chi connectivity index (χ1v) is 11.6. The van der Waals surface area contributed by atoms with Crippen LogP contribution < -0.4 is 5.32 Å². The van der Waals surface area contributed by atoms with Crippen molar-refractivity contribution in [1.29, 1.82) is 0 Å². The highest BCUT2D eigenvalue weighted by Gasteiger charge is 2.28. The fourth-order valence-corrected chi connectivity index (χ4v) is 3.89. The van der Waals surface area contributed by atoms with Crippen molar-refractivity contribution in [2.45, 2.75) is 51.6 Å². The van der Waals surface area contributed by atoms with Crippen LogP contribution in [0.5, 0.6) is 0 Å². The smallest absolute Gasteiger partial charge is 0.242 e. The van der Waals surface area contributed by atoms with Crippen LogP contribution in [0.25, 0.3) is 0 Å². The first kappa shape index (κ1) is 24.6. The molecule has 2 aromatic rings. The van der Waals surface area contributed by atoms with Gasteiger partial charge in [-0.3, -0.25) is 9.59 Å². The van der Waals surface area contributed by atoms with Gasteiger partial charge < -0.3 is 10.2 Å². The highest BCUT2D eigenvalue weighted by atomic mass is 35.5. The molecule has 0 bridgehead atoms. The molecule has 0 aliphatic heterocycles. The van der Waals surface area contributed by atoms with E-state index in [-0.39, 0.29) is 23.1 Å². The number of hydrogen-bond donors (Lipinski definition) is 1.